The van der Waals surface area contributed by atoms with Gasteiger partial charge in [-0.15, -0.1) is 11.3 Å². The molecular formula is C14H14Br2FNS. The molecule has 0 aliphatic carbocycles. The number of rotatable bonds is 4. The Kier molecular flexibility index (Phi) is 5.17. The zero-order valence-electron chi connectivity index (χ0n) is 10.6. The molecule has 0 amide bonds. The predicted molar refractivity (Wildman–Crippen MR) is 86.4 cm³/mol. The third-order valence-electron chi connectivity index (χ3n) is 2.84. The van der Waals surface area contributed by atoms with Crippen LogP contribution in [0.3, 0.4) is 0 Å². The van der Waals surface area contributed by atoms with Crippen molar-refractivity contribution in [1.82, 2.24) is 5.32 Å². The van der Waals surface area contributed by atoms with Crippen LogP contribution in [0.25, 0.3) is 0 Å². The average molecular weight is 407 g/mol. The molecule has 2 aromatic rings. The van der Waals surface area contributed by atoms with E-state index in [4.69, 9.17) is 0 Å². The van der Waals surface area contributed by atoms with Crippen molar-refractivity contribution >= 4 is 43.2 Å². The van der Waals surface area contributed by atoms with E-state index < -0.39 is 0 Å². The summed E-state index contributed by atoms with van der Waals surface area (Å²) in [4.78, 5) is 1.11. The number of thiophene rings is 1. The Labute approximate surface area is 133 Å². The highest BCUT2D eigenvalue weighted by Gasteiger charge is 2.20. The lowest BCUT2D eigenvalue weighted by Gasteiger charge is -2.18. The molecule has 2 rings (SSSR count). The predicted octanol–water partition coefficient (Wildman–Crippen LogP) is 5.42. The van der Waals surface area contributed by atoms with E-state index in [-0.39, 0.29) is 11.9 Å². The fraction of sp³-hybridized carbons (Fsp3) is 0.286. The number of benzene rings is 1. The maximum atomic E-state index is 14.1. The second-order valence-electron chi connectivity index (χ2n) is 4.26. The summed E-state index contributed by atoms with van der Waals surface area (Å²) in [6.45, 7) is 4.86. The van der Waals surface area contributed by atoms with Crippen LogP contribution in [-0.4, -0.2) is 6.54 Å². The molecular weight excluding hydrogens is 393 g/mol. The number of halogens is 3. The van der Waals surface area contributed by atoms with Crippen molar-refractivity contribution in [3.63, 3.8) is 0 Å². The highest BCUT2D eigenvalue weighted by molar-refractivity contribution is 9.11. The van der Waals surface area contributed by atoms with Gasteiger partial charge in [-0.1, -0.05) is 22.9 Å². The molecule has 1 nitrogen and oxygen atoms in total. The first kappa shape index (κ1) is 15.2. The van der Waals surface area contributed by atoms with Gasteiger partial charge in [0.2, 0.25) is 0 Å². The molecule has 0 aliphatic rings. The highest BCUT2D eigenvalue weighted by atomic mass is 79.9. The molecule has 0 fully saturated rings. The summed E-state index contributed by atoms with van der Waals surface area (Å²) in [5.41, 5.74) is 1.85. The summed E-state index contributed by atoms with van der Waals surface area (Å²) >= 11 is 8.58. The largest absolute Gasteiger partial charge is 0.306 e. The molecule has 0 aliphatic heterocycles. The highest BCUT2D eigenvalue weighted by Crippen LogP contribution is 2.35. The lowest BCUT2D eigenvalue weighted by atomic mass is 10.0. The van der Waals surface area contributed by atoms with Crippen LogP contribution in [-0.2, 0) is 0 Å². The normalized spacial score (nSPS) is 12.7. The number of hydrogen-bond donors (Lipinski definition) is 1. The van der Waals surface area contributed by atoms with Crippen molar-refractivity contribution in [2.24, 2.45) is 0 Å². The van der Waals surface area contributed by atoms with E-state index in [9.17, 15) is 4.39 Å². The fourth-order valence-electron chi connectivity index (χ4n) is 1.93. The molecule has 0 radical (unpaired) electrons. The SMILES string of the molecule is CCNC(c1cc(C)c(Br)s1)c1cc(Br)ccc1F. The fourth-order valence-corrected chi connectivity index (χ4v) is 3.97. The van der Waals surface area contributed by atoms with E-state index in [1.807, 2.05) is 19.9 Å². The Morgan fingerprint density at radius 3 is 2.63 bits per heavy atom. The van der Waals surface area contributed by atoms with Crippen molar-refractivity contribution in [1.29, 1.82) is 0 Å². The summed E-state index contributed by atoms with van der Waals surface area (Å²) in [5, 5.41) is 3.35. The van der Waals surface area contributed by atoms with E-state index in [0.29, 0.717) is 5.56 Å². The van der Waals surface area contributed by atoms with Crippen molar-refractivity contribution in [2.45, 2.75) is 19.9 Å². The van der Waals surface area contributed by atoms with Crippen LogP contribution < -0.4 is 5.32 Å². The summed E-state index contributed by atoms with van der Waals surface area (Å²) in [6.07, 6.45) is 0. The first-order valence-corrected chi connectivity index (χ1v) is 8.37. The Balaban J connectivity index is 2.47. The Morgan fingerprint density at radius 1 is 1.32 bits per heavy atom. The topological polar surface area (TPSA) is 12.0 Å². The molecule has 0 bridgehead atoms. The summed E-state index contributed by atoms with van der Waals surface area (Å²) in [7, 11) is 0. The number of hydrogen-bond acceptors (Lipinski definition) is 2. The van der Waals surface area contributed by atoms with Crippen molar-refractivity contribution in [3.05, 3.63) is 54.3 Å². The van der Waals surface area contributed by atoms with Crippen LogP contribution >= 0.6 is 43.2 Å². The molecule has 19 heavy (non-hydrogen) atoms. The van der Waals surface area contributed by atoms with Gasteiger partial charge in [0.25, 0.3) is 0 Å². The molecule has 0 saturated heterocycles. The van der Waals surface area contributed by atoms with E-state index in [1.165, 1.54) is 11.6 Å². The molecule has 1 aromatic heterocycles. The van der Waals surface area contributed by atoms with Gasteiger partial charge in [-0.3, -0.25) is 0 Å². The second kappa shape index (κ2) is 6.48. The van der Waals surface area contributed by atoms with Gasteiger partial charge in [-0.2, -0.15) is 0 Å². The lowest BCUT2D eigenvalue weighted by molar-refractivity contribution is 0.562. The standard InChI is InChI=1S/C14H14Br2FNS/c1-3-18-13(12-6-8(2)14(16)19-12)10-7-9(15)4-5-11(10)17/h4-7,13,18H,3H2,1-2H3. The average Bonchev–Trinajstić information content (AvgIpc) is 2.70. The Bertz CT molecular complexity index is 563. The van der Waals surface area contributed by atoms with E-state index in [2.05, 4.69) is 43.2 Å². The molecule has 5 heteroatoms. The van der Waals surface area contributed by atoms with Gasteiger partial charge in [0.05, 0.1) is 9.83 Å². The molecule has 1 unspecified atom stereocenters. The number of nitrogens with one attached hydrogen (secondary N) is 1. The van der Waals surface area contributed by atoms with E-state index in [1.54, 1.807) is 17.4 Å². The van der Waals surface area contributed by atoms with Gasteiger partial charge in [0.15, 0.2) is 0 Å². The van der Waals surface area contributed by atoms with E-state index >= 15 is 0 Å². The third kappa shape index (κ3) is 3.45. The molecule has 1 heterocycles. The number of aryl methyl sites for hydroxylation is 1. The van der Waals surface area contributed by atoms with Gasteiger partial charge in [-0.25, -0.2) is 4.39 Å². The van der Waals surface area contributed by atoms with Crippen LogP contribution in [0.4, 0.5) is 4.39 Å². The smallest absolute Gasteiger partial charge is 0.128 e. The maximum absolute atomic E-state index is 14.1. The maximum Gasteiger partial charge on any atom is 0.128 e. The first-order chi connectivity index (χ1) is 9.02. The minimum absolute atomic E-state index is 0.113. The van der Waals surface area contributed by atoms with E-state index in [0.717, 1.165) is 19.7 Å². The molecule has 102 valence electrons. The van der Waals surface area contributed by atoms with Gasteiger partial charge >= 0.3 is 0 Å². The van der Waals surface area contributed by atoms with Crippen LogP contribution in [0.2, 0.25) is 0 Å². The minimum Gasteiger partial charge on any atom is -0.306 e. The van der Waals surface area contributed by atoms with Crippen molar-refractivity contribution < 1.29 is 4.39 Å². The zero-order valence-corrected chi connectivity index (χ0v) is 14.6. The minimum atomic E-state index is -0.184. The molecule has 1 aromatic carbocycles. The third-order valence-corrected chi connectivity index (χ3v) is 5.53. The summed E-state index contributed by atoms with van der Waals surface area (Å²) < 4.78 is 16.1. The lowest BCUT2D eigenvalue weighted by Crippen LogP contribution is -2.22. The van der Waals surface area contributed by atoms with Crippen molar-refractivity contribution in [3.8, 4) is 0 Å². The zero-order chi connectivity index (χ0) is 14.0. The van der Waals surface area contributed by atoms with Gasteiger partial charge in [0.1, 0.15) is 5.82 Å². The molecule has 0 saturated carbocycles. The Morgan fingerprint density at radius 2 is 2.05 bits per heavy atom. The van der Waals surface area contributed by atoms with Crippen LogP contribution in [0.5, 0.6) is 0 Å². The van der Waals surface area contributed by atoms with Gasteiger partial charge < -0.3 is 5.32 Å². The quantitative estimate of drug-likeness (QED) is 0.714. The van der Waals surface area contributed by atoms with Crippen molar-refractivity contribution in [2.75, 3.05) is 6.54 Å². The molecule has 0 spiro atoms. The summed E-state index contributed by atoms with van der Waals surface area (Å²) in [6, 6.07) is 7.04. The Hall–Kier alpha value is -0.230. The first-order valence-electron chi connectivity index (χ1n) is 5.97. The van der Waals surface area contributed by atoms with Crippen LogP contribution in [0.15, 0.2) is 32.5 Å². The van der Waals surface area contributed by atoms with Gasteiger partial charge in [-0.05, 0) is 59.2 Å². The van der Waals surface area contributed by atoms with Gasteiger partial charge in [0, 0.05) is 14.9 Å². The monoisotopic (exact) mass is 405 g/mol. The van der Waals surface area contributed by atoms with Crippen LogP contribution in [0.1, 0.15) is 29.0 Å². The second-order valence-corrected chi connectivity index (χ2v) is 7.58. The molecule has 1 atom stereocenters. The van der Waals surface area contributed by atoms with Crippen LogP contribution in [0, 0.1) is 12.7 Å². The molecule has 1 N–H and O–H groups in total. The summed E-state index contributed by atoms with van der Waals surface area (Å²) in [5.74, 6) is -0.184.